The van der Waals surface area contributed by atoms with E-state index in [4.69, 9.17) is 10.5 Å². The summed E-state index contributed by atoms with van der Waals surface area (Å²) in [4.78, 5) is 14.7. The molecule has 1 aliphatic heterocycles. The zero-order valence-corrected chi connectivity index (χ0v) is 12.5. The lowest BCUT2D eigenvalue weighted by atomic mass is 10.3. The number of aryl methyl sites for hydroxylation is 1. The van der Waals surface area contributed by atoms with Crippen molar-refractivity contribution >= 4 is 17.3 Å². The highest BCUT2D eigenvalue weighted by molar-refractivity contribution is 5.74. The average Bonchev–Trinajstić information content (AvgIpc) is 3.07. The first kappa shape index (κ1) is 14.6. The van der Waals surface area contributed by atoms with E-state index in [-0.39, 0.29) is 0 Å². The van der Waals surface area contributed by atoms with Crippen LogP contribution in [0.25, 0.3) is 0 Å². The fourth-order valence-electron chi connectivity index (χ4n) is 2.44. The molecule has 8 nitrogen and oxygen atoms in total. The molecule has 0 spiro atoms. The Morgan fingerprint density at radius 2 is 2.14 bits per heavy atom. The lowest BCUT2D eigenvalue weighted by Gasteiger charge is -2.28. The van der Waals surface area contributed by atoms with Gasteiger partial charge in [0.05, 0.1) is 19.5 Å². The summed E-state index contributed by atoms with van der Waals surface area (Å²) in [6.07, 6.45) is 8.07. The number of hydrogen-bond acceptors (Lipinski definition) is 7. The van der Waals surface area contributed by atoms with Crippen molar-refractivity contribution in [3.8, 4) is 0 Å². The standard InChI is InChI=1S/C14H21N7O/c15-12-13(17-2-1-4-20-5-3-16-11-20)18-10-19-14(12)21-6-8-22-9-7-21/h3,5,10-11H,1-2,4,6-9,15H2,(H,17,18,19). The summed E-state index contributed by atoms with van der Waals surface area (Å²) < 4.78 is 7.40. The van der Waals surface area contributed by atoms with Gasteiger partial charge in [-0.15, -0.1) is 0 Å². The van der Waals surface area contributed by atoms with Crippen LogP contribution in [-0.2, 0) is 11.3 Å². The number of nitrogens with one attached hydrogen (secondary N) is 1. The summed E-state index contributed by atoms with van der Waals surface area (Å²) in [6, 6.07) is 0. The van der Waals surface area contributed by atoms with Crippen molar-refractivity contribution in [3.05, 3.63) is 25.0 Å². The molecular formula is C14H21N7O. The average molecular weight is 303 g/mol. The molecule has 0 bridgehead atoms. The largest absolute Gasteiger partial charge is 0.393 e. The van der Waals surface area contributed by atoms with Crippen molar-refractivity contribution in [2.75, 3.05) is 48.8 Å². The maximum absolute atomic E-state index is 6.21. The van der Waals surface area contributed by atoms with Crippen molar-refractivity contribution < 1.29 is 4.74 Å². The maximum atomic E-state index is 6.21. The highest BCUT2D eigenvalue weighted by Crippen LogP contribution is 2.26. The molecule has 0 saturated carbocycles. The van der Waals surface area contributed by atoms with E-state index in [1.807, 2.05) is 17.1 Å². The second kappa shape index (κ2) is 7.08. The van der Waals surface area contributed by atoms with Gasteiger partial charge in [0.25, 0.3) is 0 Å². The van der Waals surface area contributed by atoms with Gasteiger partial charge in [0, 0.05) is 38.6 Å². The summed E-state index contributed by atoms with van der Waals surface area (Å²) in [6.45, 7) is 4.73. The van der Waals surface area contributed by atoms with Crippen molar-refractivity contribution in [1.82, 2.24) is 19.5 Å². The third kappa shape index (κ3) is 3.45. The Bertz CT molecular complexity index is 581. The molecule has 0 unspecified atom stereocenters. The molecule has 0 radical (unpaired) electrons. The zero-order chi connectivity index (χ0) is 15.2. The third-order valence-corrected chi connectivity index (χ3v) is 3.62. The first-order valence-electron chi connectivity index (χ1n) is 7.47. The SMILES string of the molecule is Nc1c(NCCCn2ccnc2)ncnc1N1CCOCC1. The van der Waals surface area contributed by atoms with Gasteiger partial charge in [0.15, 0.2) is 11.6 Å². The van der Waals surface area contributed by atoms with Gasteiger partial charge in [0.2, 0.25) is 0 Å². The first-order valence-corrected chi connectivity index (χ1v) is 7.47. The molecule has 1 fully saturated rings. The first-order chi connectivity index (χ1) is 10.8. The lowest BCUT2D eigenvalue weighted by Crippen LogP contribution is -2.37. The van der Waals surface area contributed by atoms with Crippen LogP contribution in [0.3, 0.4) is 0 Å². The molecule has 3 N–H and O–H groups in total. The molecule has 3 rings (SSSR count). The number of morpholine rings is 1. The Hall–Kier alpha value is -2.35. The molecule has 0 aliphatic carbocycles. The van der Waals surface area contributed by atoms with E-state index in [1.54, 1.807) is 12.5 Å². The molecule has 0 aromatic carbocycles. The van der Waals surface area contributed by atoms with Gasteiger partial charge in [-0.1, -0.05) is 0 Å². The molecule has 22 heavy (non-hydrogen) atoms. The van der Waals surface area contributed by atoms with E-state index in [9.17, 15) is 0 Å². The lowest BCUT2D eigenvalue weighted by molar-refractivity contribution is 0.122. The quantitative estimate of drug-likeness (QED) is 0.754. The summed E-state index contributed by atoms with van der Waals surface area (Å²) in [5, 5.41) is 3.29. The van der Waals surface area contributed by atoms with Crippen molar-refractivity contribution in [2.24, 2.45) is 0 Å². The van der Waals surface area contributed by atoms with Crippen LogP contribution in [0.1, 0.15) is 6.42 Å². The fourth-order valence-corrected chi connectivity index (χ4v) is 2.44. The topological polar surface area (TPSA) is 94.1 Å². The van der Waals surface area contributed by atoms with Crippen LogP contribution in [0.4, 0.5) is 17.3 Å². The number of aromatic nitrogens is 4. The third-order valence-electron chi connectivity index (χ3n) is 3.62. The molecule has 1 aliphatic rings. The Morgan fingerprint density at radius 3 is 2.91 bits per heavy atom. The number of rotatable bonds is 6. The monoisotopic (exact) mass is 303 g/mol. The van der Waals surface area contributed by atoms with E-state index < -0.39 is 0 Å². The summed E-state index contributed by atoms with van der Waals surface area (Å²) >= 11 is 0. The molecule has 118 valence electrons. The number of ether oxygens (including phenoxy) is 1. The Morgan fingerprint density at radius 1 is 1.27 bits per heavy atom. The highest BCUT2D eigenvalue weighted by atomic mass is 16.5. The fraction of sp³-hybridized carbons (Fsp3) is 0.500. The second-order valence-corrected chi connectivity index (χ2v) is 5.14. The smallest absolute Gasteiger partial charge is 0.157 e. The van der Waals surface area contributed by atoms with E-state index in [0.717, 1.165) is 38.4 Å². The number of anilines is 3. The zero-order valence-electron chi connectivity index (χ0n) is 12.5. The predicted octanol–water partition coefficient (Wildman–Crippen LogP) is 0.594. The molecule has 1 saturated heterocycles. The van der Waals surface area contributed by atoms with Crippen LogP contribution in [0.2, 0.25) is 0 Å². The molecule has 3 heterocycles. The van der Waals surface area contributed by atoms with Gasteiger partial charge in [-0.25, -0.2) is 15.0 Å². The van der Waals surface area contributed by atoms with Crippen LogP contribution >= 0.6 is 0 Å². The van der Waals surface area contributed by atoms with Crippen molar-refractivity contribution in [3.63, 3.8) is 0 Å². The normalized spacial score (nSPS) is 15.0. The van der Waals surface area contributed by atoms with Crippen LogP contribution < -0.4 is 16.0 Å². The van der Waals surface area contributed by atoms with Gasteiger partial charge in [0.1, 0.15) is 12.0 Å². The van der Waals surface area contributed by atoms with E-state index >= 15 is 0 Å². The van der Waals surface area contributed by atoms with Gasteiger partial charge < -0.3 is 25.3 Å². The Labute approximate surface area is 129 Å². The Balaban J connectivity index is 1.56. The van der Waals surface area contributed by atoms with Crippen LogP contribution in [0, 0.1) is 0 Å². The van der Waals surface area contributed by atoms with Gasteiger partial charge in [-0.05, 0) is 6.42 Å². The Kier molecular flexibility index (Phi) is 4.69. The molecular weight excluding hydrogens is 282 g/mol. The predicted molar refractivity (Wildman–Crippen MR) is 84.8 cm³/mol. The number of nitrogens with two attached hydrogens (primary N) is 1. The minimum absolute atomic E-state index is 0.604. The van der Waals surface area contributed by atoms with Gasteiger partial charge in [-0.3, -0.25) is 0 Å². The number of hydrogen-bond donors (Lipinski definition) is 2. The summed E-state index contributed by atoms with van der Waals surface area (Å²) in [5.41, 5.74) is 6.81. The molecule has 2 aromatic rings. The minimum atomic E-state index is 0.604. The molecule has 0 atom stereocenters. The summed E-state index contributed by atoms with van der Waals surface area (Å²) in [5.74, 6) is 1.48. The minimum Gasteiger partial charge on any atom is -0.393 e. The van der Waals surface area contributed by atoms with Gasteiger partial charge >= 0.3 is 0 Å². The highest BCUT2D eigenvalue weighted by Gasteiger charge is 2.17. The number of nitrogen functional groups attached to an aromatic ring is 1. The van der Waals surface area contributed by atoms with Crippen molar-refractivity contribution in [1.29, 1.82) is 0 Å². The molecule has 0 amide bonds. The van der Waals surface area contributed by atoms with E-state index in [2.05, 4.69) is 25.2 Å². The van der Waals surface area contributed by atoms with E-state index in [0.29, 0.717) is 24.7 Å². The maximum Gasteiger partial charge on any atom is 0.157 e. The molecule has 8 heteroatoms. The van der Waals surface area contributed by atoms with Crippen LogP contribution in [0.5, 0.6) is 0 Å². The molecule has 2 aromatic heterocycles. The number of nitrogens with zero attached hydrogens (tertiary/aromatic N) is 5. The van der Waals surface area contributed by atoms with E-state index in [1.165, 1.54) is 0 Å². The summed E-state index contributed by atoms with van der Waals surface area (Å²) in [7, 11) is 0. The number of imidazole rings is 1. The second-order valence-electron chi connectivity index (χ2n) is 5.14. The van der Waals surface area contributed by atoms with Crippen LogP contribution in [0.15, 0.2) is 25.0 Å². The van der Waals surface area contributed by atoms with Gasteiger partial charge in [-0.2, -0.15) is 0 Å². The van der Waals surface area contributed by atoms with Crippen molar-refractivity contribution in [2.45, 2.75) is 13.0 Å². The van der Waals surface area contributed by atoms with Crippen LogP contribution in [-0.4, -0.2) is 52.4 Å².